The lowest BCUT2D eigenvalue weighted by atomic mass is 10.2. The summed E-state index contributed by atoms with van der Waals surface area (Å²) in [5, 5.41) is 11.4. The highest BCUT2D eigenvalue weighted by atomic mass is 28.4. The first kappa shape index (κ1) is 22.6. The average Bonchev–Trinajstić information content (AvgIpc) is 3.16. The number of benzene rings is 2. The molecule has 0 radical (unpaired) electrons. The summed E-state index contributed by atoms with van der Waals surface area (Å²) in [4.78, 5) is 28.0. The van der Waals surface area contributed by atoms with Crippen LogP contribution in [0, 0.1) is 0 Å². The number of aromatic nitrogens is 2. The van der Waals surface area contributed by atoms with Gasteiger partial charge in [-0.25, -0.2) is 9.78 Å². The van der Waals surface area contributed by atoms with E-state index in [0.717, 1.165) is 10.4 Å². The number of aromatic carboxylic acids is 1. The lowest BCUT2D eigenvalue weighted by molar-refractivity contribution is 0.0696. The van der Waals surface area contributed by atoms with Crippen molar-refractivity contribution in [3.8, 4) is 0 Å². The van der Waals surface area contributed by atoms with E-state index in [1.54, 1.807) is 6.07 Å². The molecule has 33 heavy (non-hydrogen) atoms. The largest absolute Gasteiger partial charge is 0.478 e. The fraction of sp³-hybridized carbons (Fsp3) is 0.192. The monoisotopic (exact) mass is 458 g/mol. The Balaban J connectivity index is 1.84. The third-order valence-corrected chi connectivity index (χ3v) is 10.9. The lowest BCUT2D eigenvalue weighted by Crippen LogP contribution is -2.66. The Kier molecular flexibility index (Phi) is 6.01. The Morgan fingerprint density at radius 3 is 2.06 bits per heavy atom. The SMILES string of the molecule is CC(C)(C)[Si](OCc1nc2ccc(C(=O)O)cn2c1C=O)(c1ccccc1)c1ccccc1. The molecule has 0 bridgehead atoms. The van der Waals surface area contributed by atoms with Gasteiger partial charge in [0.05, 0.1) is 17.9 Å². The van der Waals surface area contributed by atoms with E-state index in [4.69, 9.17) is 4.43 Å². The highest BCUT2D eigenvalue weighted by molar-refractivity contribution is 6.99. The van der Waals surface area contributed by atoms with Crippen molar-refractivity contribution in [2.24, 2.45) is 0 Å². The van der Waals surface area contributed by atoms with Gasteiger partial charge in [-0.15, -0.1) is 0 Å². The molecule has 0 fully saturated rings. The number of carbonyl (C=O) groups excluding carboxylic acids is 1. The molecule has 0 aliphatic heterocycles. The van der Waals surface area contributed by atoms with E-state index in [-0.39, 0.29) is 17.2 Å². The van der Waals surface area contributed by atoms with Crippen LogP contribution in [0.4, 0.5) is 0 Å². The number of hydrogen-bond acceptors (Lipinski definition) is 4. The van der Waals surface area contributed by atoms with Crippen molar-refractivity contribution in [1.29, 1.82) is 0 Å². The maximum Gasteiger partial charge on any atom is 0.337 e. The minimum Gasteiger partial charge on any atom is -0.478 e. The summed E-state index contributed by atoms with van der Waals surface area (Å²) < 4.78 is 8.40. The molecule has 2 aromatic carbocycles. The van der Waals surface area contributed by atoms with E-state index in [9.17, 15) is 14.7 Å². The summed E-state index contributed by atoms with van der Waals surface area (Å²) in [7, 11) is -2.80. The molecule has 0 amide bonds. The molecule has 4 aromatic rings. The second-order valence-corrected chi connectivity index (χ2v) is 13.3. The van der Waals surface area contributed by atoms with Gasteiger partial charge in [0.25, 0.3) is 8.32 Å². The predicted molar refractivity (Wildman–Crippen MR) is 130 cm³/mol. The number of hydrogen-bond donors (Lipinski definition) is 1. The van der Waals surface area contributed by atoms with E-state index in [0.29, 0.717) is 23.3 Å². The summed E-state index contributed by atoms with van der Waals surface area (Å²) >= 11 is 0. The first-order chi connectivity index (χ1) is 15.8. The summed E-state index contributed by atoms with van der Waals surface area (Å²) in [6, 6.07) is 23.5. The molecule has 0 aliphatic carbocycles. The maximum atomic E-state index is 12.0. The van der Waals surface area contributed by atoms with Crippen molar-refractivity contribution in [2.75, 3.05) is 0 Å². The average molecular weight is 459 g/mol. The molecule has 0 saturated heterocycles. The van der Waals surface area contributed by atoms with Gasteiger partial charge in [-0.3, -0.25) is 9.20 Å². The second-order valence-electron chi connectivity index (χ2n) is 8.96. The van der Waals surface area contributed by atoms with Gasteiger partial charge in [0.1, 0.15) is 11.3 Å². The number of pyridine rings is 1. The molecule has 2 aromatic heterocycles. The van der Waals surface area contributed by atoms with Crippen LogP contribution in [-0.2, 0) is 11.0 Å². The molecule has 0 spiro atoms. The zero-order chi connectivity index (χ0) is 23.6. The van der Waals surface area contributed by atoms with Gasteiger partial charge < -0.3 is 9.53 Å². The smallest absolute Gasteiger partial charge is 0.337 e. The van der Waals surface area contributed by atoms with Crippen LogP contribution < -0.4 is 10.4 Å². The zero-order valence-corrected chi connectivity index (χ0v) is 19.9. The zero-order valence-electron chi connectivity index (χ0n) is 18.9. The Morgan fingerprint density at radius 2 is 1.58 bits per heavy atom. The highest BCUT2D eigenvalue weighted by Crippen LogP contribution is 2.37. The second kappa shape index (κ2) is 8.76. The van der Waals surface area contributed by atoms with E-state index in [2.05, 4.69) is 50.0 Å². The number of carboxylic acid groups (broad SMARTS) is 1. The van der Waals surface area contributed by atoms with Crippen molar-refractivity contribution in [2.45, 2.75) is 32.4 Å². The number of carboxylic acids is 1. The van der Waals surface area contributed by atoms with E-state index in [1.807, 2.05) is 36.4 Å². The number of fused-ring (bicyclic) bond motifs is 1. The fourth-order valence-electron chi connectivity index (χ4n) is 4.41. The molecular formula is C26H26N2O4Si. The van der Waals surface area contributed by atoms with E-state index < -0.39 is 14.3 Å². The first-order valence-electron chi connectivity index (χ1n) is 10.7. The molecule has 2 heterocycles. The summed E-state index contributed by atoms with van der Waals surface area (Å²) in [5.74, 6) is -1.06. The molecule has 168 valence electrons. The van der Waals surface area contributed by atoms with E-state index >= 15 is 0 Å². The third kappa shape index (κ3) is 4.01. The van der Waals surface area contributed by atoms with Crippen LogP contribution in [0.2, 0.25) is 5.04 Å². The number of imidazole rings is 1. The topological polar surface area (TPSA) is 80.9 Å². The predicted octanol–water partition coefficient (Wildman–Crippen LogP) is 3.92. The van der Waals surface area contributed by atoms with Crippen molar-refractivity contribution < 1.29 is 19.1 Å². The van der Waals surface area contributed by atoms with Gasteiger partial charge in [0.2, 0.25) is 0 Å². The summed E-state index contributed by atoms with van der Waals surface area (Å²) in [5.41, 5.74) is 1.37. The minimum absolute atomic E-state index is 0.0856. The molecule has 0 atom stereocenters. The number of aldehydes is 1. The molecule has 0 saturated carbocycles. The van der Waals surface area contributed by atoms with Crippen LogP contribution in [0.3, 0.4) is 0 Å². The van der Waals surface area contributed by atoms with E-state index in [1.165, 1.54) is 16.7 Å². The Bertz CT molecular complexity index is 1260. The van der Waals surface area contributed by atoms with Gasteiger partial charge >= 0.3 is 5.97 Å². The molecule has 4 rings (SSSR count). The quantitative estimate of drug-likeness (QED) is 0.335. The summed E-state index contributed by atoms with van der Waals surface area (Å²) in [6.45, 7) is 6.68. The van der Waals surface area contributed by atoms with Crippen molar-refractivity contribution in [3.63, 3.8) is 0 Å². The van der Waals surface area contributed by atoms with Crippen LogP contribution in [-0.4, -0.2) is 35.1 Å². The van der Waals surface area contributed by atoms with Crippen LogP contribution >= 0.6 is 0 Å². The van der Waals surface area contributed by atoms with Crippen molar-refractivity contribution in [3.05, 3.63) is 95.9 Å². The maximum absolute atomic E-state index is 12.0. The summed E-state index contributed by atoms with van der Waals surface area (Å²) in [6.07, 6.45) is 2.12. The molecule has 0 aliphatic rings. The molecule has 1 N–H and O–H groups in total. The fourth-order valence-corrected chi connectivity index (χ4v) is 8.92. The molecular weight excluding hydrogens is 432 g/mol. The Labute approximate surface area is 193 Å². The molecule has 6 nitrogen and oxygen atoms in total. The molecule has 7 heteroatoms. The number of rotatable bonds is 7. The minimum atomic E-state index is -2.80. The number of nitrogens with zero attached hydrogens (tertiary/aromatic N) is 2. The van der Waals surface area contributed by atoms with Crippen LogP contribution in [0.5, 0.6) is 0 Å². The Morgan fingerprint density at radius 1 is 1.00 bits per heavy atom. The Hall–Kier alpha value is -3.55. The van der Waals surface area contributed by atoms with Gasteiger partial charge in [-0.05, 0) is 27.5 Å². The van der Waals surface area contributed by atoms with Crippen LogP contribution in [0.25, 0.3) is 5.65 Å². The van der Waals surface area contributed by atoms with Crippen LogP contribution in [0.15, 0.2) is 79.0 Å². The van der Waals surface area contributed by atoms with Gasteiger partial charge in [0.15, 0.2) is 6.29 Å². The number of carbonyl (C=O) groups is 2. The standard InChI is InChI=1S/C26H26N2O4Si/c1-26(2,3)33(20-10-6-4-7-11-20,21-12-8-5-9-13-21)32-18-22-23(17-29)28-16-19(25(30)31)14-15-24(28)27-22/h4-17H,18H2,1-3H3,(H,30,31). The first-order valence-corrected chi connectivity index (χ1v) is 12.6. The van der Waals surface area contributed by atoms with Crippen LogP contribution in [0.1, 0.15) is 47.3 Å². The van der Waals surface area contributed by atoms with Gasteiger partial charge in [0, 0.05) is 6.20 Å². The normalized spacial score (nSPS) is 12.1. The van der Waals surface area contributed by atoms with Gasteiger partial charge in [-0.2, -0.15) is 0 Å². The van der Waals surface area contributed by atoms with Crippen molar-refractivity contribution in [1.82, 2.24) is 9.38 Å². The molecule has 0 unspecified atom stereocenters. The van der Waals surface area contributed by atoms with Gasteiger partial charge in [-0.1, -0.05) is 81.4 Å². The lowest BCUT2D eigenvalue weighted by Gasteiger charge is -2.42. The highest BCUT2D eigenvalue weighted by Gasteiger charge is 2.50. The third-order valence-electron chi connectivity index (χ3n) is 5.93. The van der Waals surface area contributed by atoms with Crippen molar-refractivity contribution >= 4 is 36.6 Å².